The smallest absolute Gasteiger partial charge is 0.407 e. The van der Waals surface area contributed by atoms with Crippen LogP contribution in [-0.4, -0.2) is 86.4 Å². The van der Waals surface area contributed by atoms with Gasteiger partial charge in [-0.1, -0.05) is 66.1 Å². The van der Waals surface area contributed by atoms with Crippen molar-refractivity contribution in [2.45, 2.75) is 43.3 Å². The summed E-state index contributed by atoms with van der Waals surface area (Å²) >= 11 is 6.47. The number of halogens is 2. The van der Waals surface area contributed by atoms with E-state index < -0.39 is 11.9 Å². The summed E-state index contributed by atoms with van der Waals surface area (Å²) < 4.78 is 23.3. The molecule has 0 aliphatic carbocycles. The molecule has 0 saturated carbocycles. The molecule has 9 nitrogen and oxygen atoms in total. The van der Waals surface area contributed by atoms with Crippen LogP contribution in [0.4, 0.5) is 15.0 Å². The molecular weight excluding hydrogens is 619 g/mol. The highest BCUT2D eigenvalue weighted by Gasteiger charge is 2.48. The number of fused-ring (bicyclic) bond motifs is 5. The first kappa shape index (κ1) is 29.7. The van der Waals surface area contributed by atoms with Gasteiger partial charge in [-0.15, -0.1) is 6.42 Å². The molecule has 4 fully saturated rings. The van der Waals surface area contributed by atoms with Gasteiger partial charge < -0.3 is 14.7 Å². The number of anilines is 1. The van der Waals surface area contributed by atoms with Crippen LogP contribution in [0.5, 0.6) is 6.01 Å². The summed E-state index contributed by atoms with van der Waals surface area (Å²) in [6, 6.07) is 8.72. The van der Waals surface area contributed by atoms with Crippen molar-refractivity contribution in [3.63, 3.8) is 0 Å². The van der Waals surface area contributed by atoms with Gasteiger partial charge >= 0.3 is 12.1 Å². The minimum absolute atomic E-state index is 0.0474. The molecule has 2 aromatic carbocycles. The highest BCUT2D eigenvalue weighted by atomic mass is 35.5. The summed E-state index contributed by atoms with van der Waals surface area (Å²) in [5, 5.41) is 12.1. The minimum Gasteiger partial charge on any atom is -0.465 e. The number of ether oxygens (including phenoxy) is 1. The largest absolute Gasteiger partial charge is 0.465 e. The van der Waals surface area contributed by atoms with Crippen molar-refractivity contribution in [1.29, 1.82) is 0 Å². The van der Waals surface area contributed by atoms with Crippen LogP contribution in [-0.2, 0) is 0 Å². The molecule has 6 heterocycles. The van der Waals surface area contributed by atoms with Crippen molar-refractivity contribution in [3.05, 3.63) is 77.2 Å². The lowest BCUT2D eigenvalue weighted by molar-refractivity contribution is 0.107. The van der Waals surface area contributed by atoms with E-state index in [9.17, 15) is 9.90 Å². The van der Waals surface area contributed by atoms with E-state index in [1.54, 1.807) is 18.3 Å². The maximum absolute atomic E-state index is 16.9. The second-order valence-corrected chi connectivity index (χ2v) is 13.6. The Hall–Kier alpha value is -4.72. The number of piperazine rings is 1. The molecule has 2 atom stereocenters. The van der Waals surface area contributed by atoms with Crippen molar-refractivity contribution >= 4 is 45.2 Å². The first-order chi connectivity index (χ1) is 22.7. The van der Waals surface area contributed by atoms with Crippen molar-refractivity contribution in [3.8, 4) is 29.6 Å². The molecule has 4 aliphatic heterocycles. The van der Waals surface area contributed by atoms with Crippen LogP contribution >= 0.6 is 11.6 Å². The van der Waals surface area contributed by atoms with E-state index in [0.29, 0.717) is 52.4 Å². The van der Waals surface area contributed by atoms with Crippen molar-refractivity contribution in [2.24, 2.45) is 0 Å². The number of benzene rings is 2. The maximum Gasteiger partial charge on any atom is 0.407 e. The quantitative estimate of drug-likeness (QED) is 0.199. The topological polar surface area (TPSA) is 94.9 Å². The van der Waals surface area contributed by atoms with E-state index in [1.807, 2.05) is 23.1 Å². The lowest BCUT2D eigenvalue weighted by Crippen LogP contribution is -2.55. The third-order valence-corrected chi connectivity index (χ3v) is 10.5. The number of carboxylic acid groups (broad SMARTS) is 1. The number of pyridine rings is 1. The second-order valence-electron chi connectivity index (χ2n) is 13.2. The molecule has 2 aromatic heterocycles. The monoisotopic (exact) mass is 650 g/mol. The second kappa shape index (κ2) is 10.9. The van der Waals surface area contributed by atoms with Gasteiger partial charge in [0.05, 0.1) is 33.6 Å². The lowest BCUT2D eigenvalue weighted by atomic mass is 9.92. The highest BCUT2D eigenvalue weighted by Crippen LogP contribution is 2.44. The number of amides is 1. The fourth-order valence-electron chi connectivity index (χ4n) is 8.25. The lowest BCUT2D eigenvalue weighted by Gasteiger charge is -2.40. The number of terminal acetylenes is 1. The van der Waals surface area contributed by atoms with Gasteiger partial charge in [-0.05, 0) is 37.1 Å². The van der Waals surface area contributed by atoms with Gasteiger partial charge in [-0.2, -0.15) is 9.97 Å². The zero-order valence-electron chi connectivity index (χ0n) is 25.7. The predicted octanol–water partition coefficient (Wildman–Crippen LogP) is 6.29. The Bertz CT molecular complexity index is 2040. The molecule has 238 valence electrons. The van der Waals surface area contributed by atoms with Gasteiger partial charge in [0.15, 0.2) is 5.82 Å². The van der Waals surface area contributed by atoms with Crippen LogP contribution in [0, 0.1) is 18.2 Å². The number of hydrogen-bond donors (Lipinski definition) is 1. The summed E-state index contributed by atoms with van der Waals surface area (Å²) in [7, 11) is 0. The fraction of sp³-hybridized carbons (Fsp3) is 0.333. The van der Waals surface area contributed by atoms with Gasteiger partial charge in [-0.25, -0.2) is 9.18 Å². The number of carbonyl (C=O) groups is 1. The Kier molecular flexibility index (Phi) is 6.90. The fourth-order valence-corrected chi connectivity index (χ4v) is 8.46. The molecule has 47 heavy (non-hydrogen) atoms. The first-order valence-corrected chi connectivity index (χ1v) is 16.1. The van der Waals surface area contributed by atoms with Crippen LogP contribution in [0.1, 0.15) is 31.2 Å². The zero-order chi connectivity index (χ0) is 32.6. The third kappa shape index (κ3) is 4.71. The van der Waals surface area contributed by atoms with E-state index in [4.69, 9.17) is 27.7 Å². The number of hydrogen-bond acceptors (Lipinski definition) is 7. The van der Waals surface area contributed by atoms with Gasteiger partial charge in [0.25, 0.3) is 0 Å². The molecule has 4 aliphatic rings. The SMILES string of the molecule is C#Cc1c(Cl)ccc2cccc(-c3ncc4c(N5C[C@H]6CC[C@@H](C5)N6C(=O)O)nc(OCC56CC(=C)CN5CC(=C)C6)nc4c3F)c12. The van der Waals surface area contributed by atoms with Crippen molar-refractivity contribution in [2.75, 3.05) is 37.7 Å². The van der Waals surface area contributed by atoms with Gasteiger partial charge in [0.2, 0.25) is 0 Å². The summed E-state index contributed by atoms with van der Waals surface area (Å²) in [5.41, 5.74) is 3.07. The summed E-state index contributed by atoms with van der Waals surface area (Å²) in [6.45, 7) is 11.1. The van der Waals surface area contributed by atoms with E-state index in [1.165, 1.54) is 4.90 Å². The number of nitrogens with zero attached hydrogens (tertiary/aromatic N) is 6. The molecule has 11 heteroatoms. The highest BCUT2D eigenvalue weighted by molar-refractivity contribution is 6.33. The summed E-state index contributed by atoms with van der Waals surface area (Å²) in [4.78, 5) is 32.0. The summed E-state index contributed by atoms with van der Waals surface area (Å²) in [6.07, 6.45) is 9.58. The minimum atomic E-state index is -0.923. The van der Waals surface area contributed by atoms with Crippen LogP contribution in [0.2, 0.25) is 5.02 Å². The van der Waals surface area contributed by atoms with E-state index in [0.717, 1.165) is 55.3 Å². The average molecular weight is 651 g/mol. The van der Waals surface area contributed by atoms with E-state index >= 15 is 4.39 Å². The average Bonchev–Trinajstić information content (AvgIpc) is 3.62. The molecular formula is C36H32ClFN6O3. The van der Waals surface area contributed by atoms with Crippen LogP contribution in [0.3, 0.4) is 0 Å². The molecule has 0 spiro atoms. The normalized spacial score (nSPS) is 21.9. The maximum atomic E-state index is 16.9. The van der Waals surface area contributed by atoms with E-state index in [-0.39, 0.29) is 34.8 Å². The van der Waals surface area contributed by atoms with Crippen molar-refractivity contribution in [1.82, 2.24) is 24.8 Å². The molecule has 2 bridgehead atoms. The number of rotatable bonds is 5. The first-order valence-electron chi connectivity index (χ1n) is 15.7. The predicted molar refractivity (Wildman–Crippen MR) is 179 cm³/mol. The van der Waals surface area contributed by atoms with Crippen LogP contribution in [0.15, 0.2) is 60.8 Å². The van der Waals surface area contributed by atoms with Crippen molar-refractivity contribution < 1.29 is 19.0 Å². The molecule has 4 aromatic rings. The third-order valence-electron chi connectivity index (χ3n) is 10.2. The van der Waals surface area contributed by atoms with Gasteiger partial charge in [0, 0.05) is 43.3 Å². The Morgan fingerprint density at radius 3 is 2.53 bits per heavy atom. The Labute approximate surface area is 276 Å². The number of aromatic nitrogens is 3. The summed E-state index contributed by atoms with van der Waals surface area (Å²) in [5.74, 6) is 2.49. The molecule has 1 N–H and O–H groups in total. The molecule has 0 radical (unpaired) electrons. The van der Waals surface area contributed by atoms with Gasteiger partial charge in [-0.3, -0.25) is 14.8 Å². The van der Waals surface area contributed by atoms with Gasteiger partial charge in [0.1, 0.15) is 23.6 Å². The molecule has 8 rings (SSSR count). The molecule has 4 saturated heterocycles. The Balaban J connectivity index is 1.26. The Morgan fingerprint density at radius 1 is 1.13 bits per heavy atom. The van der Waals surface area contributed by atoms with Crippen LogP contribution < -0.4 is 9.64 Å². The Morgan fingerprint density at radius 2 is 1.85 bits per heavy atom. The zero-order valence-corrected chi connectivity index (χ0v) is 26.4. The molecule has 0 unspecified atom stereocenters. The molecule has 1 amide bonds. The standard InChI is InChI=1S/C36H32ClFN6O3/c1-4-25-28(37)11-8-22-6-5-7-26(29(22)25)31-30(38)32-27(14-39-31)33(42-17-23-9-10-24(18-42)44(23)35(45)46)41-34(40-32)47-19-36-12-20(2)15-43(36)16-21(3)13-36/h1,5-8,11,14,23-24H,2-3,9-10,12-13,15-19H2,(H,45,46)/t23-,24+. The van der Waals surface area contributed by atoms with E-state index in [2.05, 4.69) is 33.9 Å². The van der Waals surface area contributed by atoms with Crippen LogP contribution in [0.25, 0.3) is 32.9 Å².